The van der Waals surface area contributed by atoms with Crippen LogP contribution in [0.5, 0.6) is 17.2 Å². The Labute approximate surface area is 154 Å². The number of phenolic OH excluding ortho intramolecular Hbond substituents is 2. The van der Waals surface area contributed by atoms with Gasteiger partial charge in [0.05, 0.1) is 6.61 Å². The van der Waals surface area contributed by atoms with Crippen LogP contribution in [0, 0.1) is 0 Å². The van der Waals surface area contributed by atoms with Crippen molar-refractivity contribution in [3.8, 4) is 17.2 Å². The van der Waals surface area contributed by atoms with Gasteiger partial charge in [0.2, 0.25) is 5.75 Å². The lowest BCUT2D eigenvalue weighted by Gasteiger charge is -2.08. The molecule has 1 rings (SSSR count). The molecule has 144 valence electrons. The summed E-state index contributed by atoms with van der Waals surface area (Å²) in [5, 5.41) is 19.0. The van der Waals surface area contributed by atoms with Crippen molar-refractivity contribution in [2.45, 2.75) is 96.8 Å². The molecular formula is C22H38O3. The first-order valence-electron chi connectivity index (χ1n) is 10.4. The molecule has 0 unspecified atom stereocenters. The molecule has 25 heavy (non-hydrogen) atoms. The van der Waals surface area contributed by atoms with E-state index in [0.717, 1.165) is 12.8 Å². The van der Waals surface area contributed by atoms with Crippen molar-refractivity contribution in [3.63, 3.8) is 0 Å². The highest BCUT2D eigenvalue weighted by Crippen LogP contribution is 2.34. The number of para-hydroxylation sites is 1. The molecule has 0 bridgehead atoms. The van der Waals surface area contributed by atoms with E-state index in [9.17, 15) is 10.2 Å². The number of rotatable bonds is 16. The van der Waals surface area contributed by atoms with Gasteiger partial charge in [-0.25, -0.2) is 0 Å². The first kappa shape index (κ1) is 21.7. The van der Waals surface area contributed by atoms with Crippen molar-refractivity contribution in [3.05, 3.63) is 18.2 Å². The van der Waals surface area contributed by atoms with Crippen LogP contribution in [0.3, 0.4) is 0 Å². The Morgan fingerprint density at radius 3 is 1.68 bits per heavy atom. The second-order valence-corrected chi connectivity index (χ2v) is 7.07. The van der Waals surface area contributed by atoms with Crippen LogP contribution in [-0.2, 0) is 0 Å². The summed E-state index contributed by atoms with van der Waals surface area (Å²) < 4.78 is 5.51. The Bertz CT molecular complexity index is 431. The number of unbranched alkanes of at least 4 members (excludes halogenated alkanes) is 13. The second-order valence-electron chi connectivity index (χ2n) is 7.07. The summed E-state index contributed by atoms with van der Waals surface area (Å²) in [5.41, 5.74) is 0. The summed E-state index contributed by atoms with van der Waals surface area (Å²) in [6, 6.07) is 4.81. The molecule has 0 spiro atoms. The fourth-order valence-electron chi connectivity index (χ4n) is 3.11. The maximum atomic E-state index is 9.64. The van der Waals surface area contributed by atoms with Crippen LogP contribution in [0.1, 0.15) is 96.8 Å². The first-order valence-corrected chi connectivity index (χ1v) is 10.4. The largest absolute Gasteiger partial charge is 0.504 e. The third-order valence-corrected chi connectivity index (χ3v) is 4.73. The van der Waals surface area contributed by atoms with E-state index in [-0.39, 0.29) is 11.5 Å². The molecule has 0 saturated carbocycles. The van der Waals surface area contributed by atoms with Gasteiger partial charge in [-0.1, -0.05) is 96.5 Å². The van der Waals surface area contributed by atoms with E-state index < -0.39 is 0 Å². The third-order valence-electron chi connectivity index (χ3n) is 4.73. The molecule has 0 aliphatic carbocycles. The molecule has 2 N–H and O–H groups in total. The van der Waals surface area contributed by atoms with E-state index in [4.69, 9.17) is 4.74 Å². The summed E-state index contributed by atoms with van der Waals surface area (Å²) in [4.78, 5) is 0. The molecular weight excluding hydrogens is 312 g/mol. The van der Waals surface area contributed by atoms with E-state index in [1.807, 2.05) is 0 Å². The number of ether oxygens (including phenoxy) is 1. The quantitative estimate of drug-likeness (QED) is 0.250. The van der Waals surface area contributed by atoms with Gasteiger partial charge in [0.25, 0.3) is 0 Å². The standard InChI is InChI=1S/C22H38O3/c1-2-3-4-5-6-7-8-9-10-11-12-13-14-15-19-25-21-18-16-17-20(23)22(21)24/h16-18,23-24H,2-15,19H2,1H3. The Kier molecular flexibility index (Phi) is 12.9. The van der Waals surface area contributed by atoms with Gasteiger partial charge in [-0.2, -0.15) is 0 Å². The lowest BCUT2D eigenvalue weighted by molar-refractivity contribution is 0.283. The molecule has 0 aliphatic rings. The molecule has 0 heterocycles. The summed E-state index contributed by atoms with van der Waals surface area (Å²) >= 11 is 0. The minimum Gasteiger partial charge on any atom is -0.504 e. The summed E-state index contributed by atoms with van der Waals surface area (Å²) in [6.45, 7) is 2.86. The van der Waals surface area contributed by atoms with Crippen molar-refractivity contribution < 1.29 is 14.9 Å². The van der Waals surface area contributed by atoms with E-state index >= 15 is 0 Å². The van der Waals surface area contributed by atoms with Gasteiger partial charge in [0.1, 0.15) is 0 Å². The van der Waals surface area contributed by atoms with Gasteiger partial charge in [-0.05, 0) is 18.6 Å². The average Bonchev–Trinajstić information content (AvgIpc) is 2.61. The van der Waals surface area contributed by atoms with Crippen molar-refractivity contribution in [2.75, 3.05) is 6.61 Å². The summed E-state index contributed by atoms with van der Waals surface area (Å²) in [6.07, 6.45) is 18.7. The predicted molar refractivity (Wildman–Crippen MR) is 106 cm³/mol. The summed E-state index contributed by atoms with van der Waals surface area (Å²) in [5.74, 6) is 0.0843. The normalized spacial score (nSPS) is 10.9. The first-order chi connectivity index (χ1) is 12.3. The molecule has 1 aromatic rings. The van der Waals surface area contributed by atoms with E-state index in [1.165, 1.54) is 83.1 Å². The number of benzene rings is 1. The molecule has 0 aliphatic heterocycles. The number of aromatic hydroxyl groups is 2. The highest BCUT2D eigenvalue weighted by atomic mass is 16.5. The van der Waals surface area contributed by atoms with Crippen molar-refractivity contribution in [1.29, 1.82) is 0 Å². The van der Waals surface area contributed by atoms with Gasteiger partial charge in [-0.15, -0.1) is 0 Å². The van der Waals surface area contributed by atoms with Crippen LogP contribution in [0.4, 0.5) is 0 Å². The van der Waals surface area contributed by atoms with E-state index in [1.54, 1.807) is 12.1 Å². The molecule has 0 atom stereocenters. The second kappa shape index (κ2) is 14.9. The predicted octanol–water partition coefficient (Wildman–Crippen LogP) is 6.96. The van der Waals surface area contributed by atoms with Gasteiger partial charge in [-0.3, -0.25) is 0 Å². The zero-order valence-electron chi connectivity index (χ0n) is 16.1. The Morgan fingerprint density at radius 1 is 0.680 bits per heavy atom. The van der Waals surface area contributed by atoms with E-state index in [0.29, 0.717) is 12.4 Å². The lowest BCUT2D eigenvalue weighted by atomic mass is 10.0. The smallest absolute Gasteiger partial charge is 0.200 e. The average molecular weight is 351 g/mol. The monoisotopic (exact) mass is 350 g/mol. The van der Waals surface area contributed by atoms with Gasteiger partial charge in [0, 0.05) is 0 Å². The molecule has 3 nitrogen and oxygen atoms in total. The third kappa shape index (κ3) is 11.0. The fraction of sp³-hybridized carbons (Fsp3) is 0.727. The van der Waals surface area contributed by atoms with Crippen LogP contribution < -0.4 is 4.74 Å². The maximum absolute atomic E-state index is 9.64. The molecule has 0 fully saturated rings. The van der Waals surface area contributed by atoms with Crippen molar-refractivity contribution >= 4 is 0 Å². The van der Waals surface area contributed by atoms with Crippen molar-refractivity contribution in [2.24, 2.45) is 0 Å². The minimum absolute atomic E-state index is 0.126. The van der Waals surface area contributed by atoms with Gasteiger partial charge >= 0.3 is 0 Å². The summed E-state index contributed by atoms with van der Waals surface area (Å²) in [7, 11) is 0. The molecule has 0 radical (unpaired) electrons. The van der Waals surface area contributed by atoms with E-state index in [2.05, 4.69) is 6.92 Å². The molecule has 3 heteroatoms. The highest BCUT2D eigenvalue weighted by Gasteiger charge is 2.06. The Morgan fingerprint density at radius 2 is 1.16 bits per heavy atom. The minimum atomic E-state index is -0.159. The highest BCUT2D eigenvalue weighted by molar-refractivity contribution is 5.48. The van der Waals surface area contributed by atoms with Crippen LogP contribution in [0.25, 0.3) is 0 Å². The zero-order valence-corrected chi connectivity index (χ0v) is 16.1. The van der Waals surface area contributed by atoms with Crippen LogP contribution in [-0.4, -0.2) is 16.8 Å². The number of hydrogen-bond acceptors (Lipinski definition) is 3. The van der Waals surface area contributed by atoms with Gasteiger partial charge < -0.3 is 14.9 Å². The Hall–Kier alpha value is -1.38. The van der Waals surface area contributed by atoms with Crippen LogP contribution in [0.15, 0.2) is 18.2 Å². The lowest BCUT2D eigenvalue weighted by Crippen LogP contribution is -1.97. The topological polar surface area (TPSA) is 49.7 Å². The maximum Gasteiger partial charge on any atom is 0.200 e. The molecule has 0 amide bonds. The molecule has 0 aromatic heterocycles. The zero-order chi connectivity index (χ0) is 18.2. The van der Waals surface area contributed by atoms with Gasteiger partial charge in [0.15, 0.2) is 11.5 Å². The SMILES string of the molecule is CCCCCCCCCCCCCCCCOc1cccc(O)c1O. The molecule has 1 aromatic carbocycles. The number of phenols is 2. The fourth-order valence-corrected chi connectivity index (χ4v) is 3.11. The van der Waals surface area contributed by atoms with Crippen molar-refractivity contribution in [1.82, 2.24) is 0 Å². The Balaban J connectivity index is 1.82. The van der Waals surface area contributed by atoms with Crippen LogP contribution >= 0.6 is 0 Å². The number of hydrogen-bond donors (Lipinski definition) is 2. The molecule has 0 saturated heterocycles. The van der Waals surface area contributed by atoms with Crippen LogP contribution in [0.2, 0.25) is 0 Å².